The molecule has 1 heterocycles. The van der Waals surface area contributed by atoms with Crippen molar-refractivity contribution in [3.8, 4) is 0 Å². The summed E-state index contributed by atoms with van der Waals surface area (Å²) in [6.45, 7) is 0. The Bertz CT molecular complexity index is 808. The Hall–Kier alpha value is -1.51. The number of sulfonamides is 1. The molecule has 6 nitrogen and oxygen atoms in total. The van der Waals surface area contributed by atoms with Crippen LogP contribution in [0.3, 0.4) is 0 Å². The van der Waals surface area contributed by atoms with Gasteiger partial charge in [-0.05, 0) is 12.1 Å². The first-order valence-electron chi connectivity index (χ1n) is 5.37. The van der Waals surface area contributed by atoms with Crippen LogP contribution in [-0.2, 0) is 19.9 Å². The van der Waals surface area contributed by atoms with Crippen LogP contribution in [-0.4, -0.2) is 33.3 Å². The second-order valence-electron chi connectivity index (χ2n) is 4.01. The molecule has 0 fully saturated rings. The van der Waals surface area contributed by atoms with Crippen LogP contribution in [0.2, 0.25) is 0 Å². The van der Waals surface area contributed by atoms with Crippen molar-refractivity contribution in [3.63, 3.8) is 0 Å². The Balaban J connectivity index is 2.49. The molecular weight excluding hydrogens is 288 g/mol. The van der Waals surface area contributed by atoms with Gasteiger partial charge in [-0.3, -0.25) is 4.98 Å². The lowest BCUT2D eigenvalue weighted by Gasteiger charge is -2.06. The van der Waals surface area contributed by atoms with E-state index in [2.05, 4.69) is 4.98 Å². The van der Waals surface area contributed by atoms with E-state index < -0.39 is 31.4 Å². The van der Waals surface area contributed by atoms with Crippen molar-refractivity contribution in [2.24, 2.45) is 5.14 Å². The monoisotopic (exact) mass is 300 g/mol. The molecule has 0 bridgehead atoms. The molecule has 2 rings (SSSR count). The zero-order valence-electron chi connectivity index (χ0n) is 9.85. The average Bonchev–Trinajstić information content (AvgIpc) is 2.35. The van der Waals surface area contributed by atoms with E-state index in [0.717, 1.165) is 0 Å². The van der Waals surface area contributed by atoms with Gasteiger partial charge in [0.15, 0.2) is 9.84 Å². The second kappa shape index (κ2) is 4.87. The first kappa shape index (κ1) is 13.9. The normalized spacial score (nSPS) is 12.7. The van der Waals surface area contributed by atoms with Crippen molar-refractivity contribution in [3.05, 3.63) is 36.5 Å². The maximum atomic E-state index is 12.1. The minimum Gasteiger partial charge on any atom is -0.256 e. The summed E-state index contributed by atoms with van der Waals surface area (Å²) in [7, 11) is -7.53. The highest BCUT2D eigenvalue weighted by Gasteiger charge is 2.20. The van der Waals surface area contributed by atoms with Crippen molar-refractivity contribution in [2.45, 2.75) is 4.90 Å². The number of rotatable bonds is 4. The molecule has 0 saturated carbocycles. The smallest absolute Gasteiger partial charge is 0.210 e. The van der Waals surface area contributed by atoms with Gasteiger partial charge in [-0.15, -0.1) is 0 Å². The first-order chi connectivity index (χ1) is 8.80. The lowest BCUT2D eigenvalue weighted by atomic mass is 10.2. The van der Waals surface area contributed by atoms with Gasteiger partial charge >= 0.3 is 0 Å². The number of benzene rings is 1. The molecule has 0 aliphatic heterocycles. The van der Waals surface area contributed by atoms with E-state index in [1.54, 1.807) is 24.3 Å². The standard InChI is InChI=1S/C11H12N2O4S2/c12-19(16,17)8-7-18(14,15)11-5-6-13-10-4-2-1-3-9(10)11/h1-6H,7-8H2,(H2,12,16,17). The Morgan fingerprint density at radius 1 is 1.00 bits per heavy atom. The molecule has 0 unspecified atom stereocenters. The SMILES string of the molecule is NS(=O)(=O)CCS(=O)(=O)c1ccnc2ccccc12. The van der Waals surface area contributed by atoms with Crippen LogP contribution in [0.5, 0.6) is 0 Å². The van der Waals surface area contributed by atoms with E-state index in [1.807, 2.05) is 0 Å². The van der Waals surface area contributed by atoms with Crippen molar-refractivity contribution in [1.82, 2.24) is 4.98 Å². The number of primary sulfonamides is 1. The molecule has 2 N–H and O–H groups in total. The average molecular weight is 300 g/mol. The third-order valence-corrected chi connectivity index (χ3v) is 5.38. The molecule has 0 spiro atoms. The highest BCUT2D eigenvalue weighted by atomic mass is 32.2. The zero-order chi connectivity index (χ0) is 14.1. The van der Waals surface area contributed by atoms with Crippen molar-refractivity contribution in [1.29, 1.82) is 0 Å². The van der Waals surface area contributed by atoms with E-state index in [1.165, 1.54) is 12.3 Å². The predicted molar refractivity (Wildman–Crippen MR) is 71.8 cm³/mol. The van der Waals surface area contributed by atoms with Crippen LogP contribution in [0.1, 0.15) is 0 Å². The quantitative estimate of drug-likeness (QED) is 0.873. The Morgan fingerprint density at radius 2 is 1.68 bits per heavy atom. The number of sulfone groups is 1. The largest absolute Gasteiger partial charge is 0.256 e. The topological polar surface area (TPSA) is 107 Å². The van der Waals surface area contributed by atoms with E-state index >= 15 is 0 Å². The van der Waals surface area contributed by atoms with Crippen LogP contribution in [0.25, 0.3) is 10.9 Å². The molecule has 8 heteroatoms. The Morgan fingerprint density at radius 3 is 2.37 bits per heavy atom. The number of hydrogen-bond donors (Lipinski definition) is 1. The molecule has 0 radical (unpaired) electrons. The van der Waals surface area contributed by atoms with E-state index in [9.17, 15) is 16.8 Å². The van der Waals surface area contributed by atoms with E-state index in [-0.39, 0.29) is 4.90 Å². The van der Waals surface area contributed by atoms with Crippen LogP contribution in [0, 0.1) is 0 Å². The van der Waals surface area contributed by atoms with Gasteiger partial charge in [0.25, 0.3) is 0 Å². The van der Waals surface area contributed by atoms with Gasteiger partial charge in [0.05, 0.1) is 21.9 Å². The van der Waals surface area contributed by atoms with Crippen molar-refractivity contribution >= 4 is 30.8 Å². The molecule has 1 aromatic carbocycles. The summed E-state index contributed by atoms with van der Waals surface area (Å²) in [6, 6.07) is 8.12. The maximum absolute atomic E-state index is 12.1. The van der Waals surface area contributed by atoms with Crippen LogP contribution < -0.4 is 5.14 Å². The zero-order valence-corrected chi connectivity index (χ0v) is 11.5. The number of pyridine rings is 1. The summed E-state index contributed by atoms with van der Waals surface area (Å²) in [5.74, 6) is -1.15. The fraction of sp³-hybridized carbons (Fsp3) is 0.182. The van der Waals surface area contributed by atoms with Crippen LogP contribution in [0.15, 0.2) is 41.4 Å². The number of hydrogen-bond acceptors (Lipinski definition) is 5. The minimum atomic E-state index is -3.81. The highest BCUT2D eigenvalue weighted by molar-refractivity contribution is 7.94. The highest BCUT2D eigenvalue weighted by Crippen LogP contribution is 2.21. The number of fused-ring (bicyclic) bond motifs is 1. The summed E-state index contributed by atoms with van der Waals surface area (Å²) >= 11 is 0. The fourth-order valence-electron chi connectivity index (χ4n) is 1.68. The number of para-hydroxylation sites is 1. The van der Waals surface area contributed by atoms with Crippen LogP contribution >= 0.6 is 0 Å². The lowest BCUT2D eigenvalue weighted by molar-refractivity contribution is 0.589. The Labute approximate surface area is 111 Å². The van der Waals surface area contributed by atoms with Gasteiger partial charge < -0.3 is 0 Å². The molecular formula is C11H12N2O4S2. The maximum Gasteiger partial charge on any atom is 0.210 e. The van der Waals surface area contributed by atoms with Crippen molar-refractivity contribution in [2.75, 3.05) is 11.5 Å². The molecule has 0 atom stereocenters. The van der Waals surface area contributed by atoms with Crippen molar-refractivity contribution < 1.29 is 16.8 Å². The molecule has 0 saturated heterocycles. The molecule has 2 aromatic rings. The molecule has 1 aromatic heterocycles. The molecule has 0 aliphatic carbocycles. The summed E-state index contributed by atoms with van der Waals surface area (Å²) in [5.41, 5.74) is 0.541. The third-order valence-electron chi connectivity index (χ3n) is 2.58. The molecule has 102 valence electrons. The fourth-order valence-corrected chi connectivity index (χ4v) is 4.48. The number of nitrogens with two attached hydrogens (primary N) is 1. The first-order valence-corrected chi connectivity index (χ1v) is 8.73. The van der Waals surface area contributed by atoms with E-state index in [4.69, 9.17) is 5.14 Å². The summed E-state index contributed by atoms with van der Waals surface area (Å²) < 4.78 is 46.0. The van der Waals surface area contributed by atoms with Gasteiger partial charge in [0.1, 0.15) is 0 Å². The molecule has 0 amide bonds. The number of nitrogens with zero attached hydrogens (tertiary/aromatic N) is 1. The summed E-state index contributed by atoms with van der Waals surface area (Å²) in [4.78, 5) is 4.13. The summed E-state index contributed by atoms with van der Waals surface area (Å²) in [5, 5.41) is 5.30. The van der Waals surface area contributed by atoms with Gasteiger partial charge in [-0.25, -0.2) is 22.0 Å². The number of aromatic nitrogens is 1. The summed E-state index contributed by atoms with van der Waals surface area (Å²) in [6.07, 6.45) is 1.38. The lowest BCUT2D eigenvalue weighted by Crippen LogP contribution is -2.23. The predicted octanol–water partition coefficient (Wildman–Crippen LogP) is 0.297. The van der Waals surface area contributed by atoms with Crippen LogP contribution in [0.4, 0.5) is 0 Å². The Kier molecular flexibility index (Phi) is 3.57. The van der Waals surface area contributed by atoms with Gasteiger partial charge in [-0.1, -0.05) is 18.2 Å². The van der Waals surface area contributed by atoms with Gasteiger partial charge in [0.2, 0.25) is 10.0 Å². The minimum absolute atomic E-state index is 0.0711. The second-order valence-corrected chi connectivity index (χ2v) is 7.82. The molecule has 19 heavy (non-hydrogen) atoms. The van der Waals surface area contributed by atoms with Gasteiger partial charge in [0, 0.05) is 11.6 Å². The molecule has 0 aliphatic rings. The van der Waals surface area contributed by atoms with Gasteiger partial charge in [-0.2, -0.15) is 0 Å². The third kappa shape index (κ3) is 3.28. The van der Waals surface area contributed by atoms with E-state index in [0.29, 0.717) is 10.9 Å².